The number of methoxy groups -OCH3 is 1. The number of ether oxygens (including phenoxy) is 1. The van der Waals surface area contributed by atoms with Gasteiger partial charge in [0.15, 0.2) is 0 Å². The van der Waals surface area contributed by atoms with Gasteiger partial charge in [-0.2, -0.15) is 0 Å². The molecular formula is C16H25NO2. The first kappa shape index (κ1) is 14.2. The number of nitrogens with one attached hydrogen (secondary N) is 1. The fourth-order valence-electron chi connectivity index (χ4n) is 3.17. The topological polar surface area (TPSA) is 41.5 Å². The molecule has 1 fully saturated rings. The molecule has 0 radical (unpaired) electrons. The van der Waals surface area contributed by atoms with Gasteiger partial charge in [-0.15, -0.1) is 0 Å². The van der Waals surface area contributed by atoms with Gasteiger partial charge in [-0.1, -0.05) is 26.3 Å². The molecular weight excluding hydrogens is 238 g/mol. The van der Waals surface area contributed by atoms with Crippen molar-refractivity contribution in [1.29, 1.82) is 0 Å². The van der Waals surface area contributed by atoms with Crippen LogP contribution in [-0.2, 0) is 6.54 Å². The Morgan fingerprint density at radius 1 is 1.37 bits per heavy atom. The highest BCUT2D eigenvalue weighted by atomic mass is 16.5. The maximum atomic E-state index is 9.94. The standard InChI is InChI=1S/C16H25NO2/c1-4-12-6-8-15(11(12)2)17-10-13-5-7-14(19-3)9-16(13)18/h5,7,9,11-12,15,17-18H,4,6,8,10H2,1-3H3. The molecule has 1 aromatic carbocycles. The van der Waals surface area contributed by atoms with Crippen molar-refractivity contribution in [3.63, 3.8) is 0 Å². The highest BCUT2D eigenvalue weighted by molar-refractivity contribution is 5.39. The molecule has 1 aromatic rings. The van der Waals surface area contributed by atoms with E-state index in [-0.39, 0.29) is 0 Å². The van der Waals surface area contributed by atoms with E-state index >= 15 is 0 Å². The summed E-state index contributed by atoms with van der Waals surface area (Å²) >= 11 is 0. The van der Waals surface area contributed by atoms with Crippen molar-refractivity contribution in [3.8, 4) is 11.5 Å². The maximum Gasteiger partial charge on any atom is 0.123 e. The number of rotatable bonds is 5. The quantitative estimate of drug-likeness (QED) is 0.856. The Labute approximate surface area is 116 Å². The molecule has 0 bridgehead atoms. The minimum atomic E-state index is 0.310. The molecule has 1 saturated carbocycles. The van der Waals surface area contributed by atoms with E-state index in [0.717, 1.165) is 23.9 Å². The Kier molecular flexibility index (Phi) is 4.70. The van der Waals surface area contributed by atoms with Gasteiger partial charge in [0.25, 0.3) is 0 Å². The molecule has 3 unspecified atom stereocenters. The van der Waals surface area contributed by atoms with E-state index in [1.807, 2.05) is 12.1 Å². The van der Waals surface area contributed by atoms with Crippen molar-refractivity contribution in [3.05, 3.63) is 23.8 Å². The molecule has 2 N–H and O–H groups in total. The van der Waals surface area contributed by atoms with Gasteiger partial charge in [0.05, 0.1) is 7.11 Å². The van der Waals surface area contributed by atoms with E-state index in [1.54, 1.807) is 13.2 Å². The Hall–Kier alpha value is -1.22. The zero-order chi connectivity index (χ0) is 13.8. The van der Waals surface area contributed by atoms with Crippen LogP contribution in [-0.4, -0.2) is 18.3 Å². The monoisotopic (exact) mass is 263 g/mol. The smallest absolute Gasteiger partial charge is 0.123 e. The first-order valence-electron chi connectivity index (χ1n) is 7.25. The Balaban J connectivity index is 1.92. The molecule has 2 rings (SSSR count). The number of phenolic OH excluding ortho intramolecular Hbond substituents is 1. The van der Waals surface area contributed by atoms with Crippen LogP contribution in [0.3, 0.4) is 0 Å². The van der Waals surface area contributed by atoms with Crippen molar-refractivity contribution in [2.45, 2.75) is 45.7 Å². The van der Waals surface area contributed by atoms with E-state index in [0.29, 0.717) is 17.5 Å². The summed E-state index contributed by atoms with van der Waals surface area (Å²) < 4.78 is 5.09. The van der Waals surface area contributed by atoms with Gasteiger partial charge in [0.2, 0.25) is 0 Å². The molecule has 0 saturated heterocycles. The number of hydrogen-bond acceptors (Lipinski definition) is 3. The van der Waals surface area contributed by atoms with E-state index < -0.39 is 0 Å². The molecule has 0 aromatic heterocycles. The van der Waals surface area contributed by atoms with Crippen molar-refractivity contribution < 1.29 is 9.84 Å². The first-order chi connectivity index (χ1) is 9.15. The summed E-state index contributed by atoms with van der Waals surface area (Å²) in [5.74, 6) is 2.58. The predicted octanol–water partition coefficient (Wildman–Crippen LogP) is 3.32. The van der Waals surface area contributed by atoms with E-state index in [2.05, 4.69) is 19.2 Å². The van der Waals surface area contributed by atoms with E-state index in [4.69, 9.17) is 4.74 Å². The van der Waals surface area contributed by atoms with Gasteiger partial charge >= 0.3 is 0 Å². The van der Waals surface area contributed by atoms with Crippen molar-refractivity contribution in [1.82, 2.24) is 5.32 Å². The Morgan fingerprint density at radius 3 is 2.74 bits per heavy atom. The highest BCUT2D eigenvalue weighted by Gasteiger charge is 2.30. The van der Waals surface area contributed by atoms with Crippen LogP contribution >= 0.6 is 0 Å². The second kappa shape index (κ2) is 6.29. The molecule has 19 heavy (non-hydrogen) atoms. The lowest BCUT2D eigenvalue weighted by atomic mass is 9.93. The number of benzene rings is 1. The van der Waals surface area contributed by atoms with Crippen LogP contribution in [0.25, 0.3) is 0 Å². The van der Waals surface area contributed by atoms with Gasteiger partial charge in [0, 0.05) is 24.2 Å². The van der Waals surface area contributed by atoms with Gasteiger partial charge in [-0.3, -0.25) is 0 Å². The molecule has 106 valence electrons. The third kappa shape index (κ3) is 3.21. The lowest BCUT2D eigenvalue weighted by molar-refractivity contribution is 0.342. The van der Waals surface area contributed by atoms with Crippen LogP contribution in [0.4, 0.5) is 0 Å². The van der Waals surface area contributed by atoms with Gasteiger partial charge in [-0.25, -0.2) is 0 Å². The molecule has 1 aliphatic rings. The van der Waals surface area contributed by atoms with Crippen molar-refractivity contribution in [2.24, 2.45) is 11.8 Å². The fourth-order valence-corrected chi connectivity index (χ4v) is 3.17. The SMILES string of the molecule is CCC1CCC(NCc2ccc(OC)cc2O)C1C. The summed E-state index contributed by atoms with van der Waals surface area (Å²) in [5.41, 5.74) is 0.938. The van der Waals surface area contributed by atoms with Gasteiger partial charge in [-0.05, 0) is 30.7 Å². The minimum Gasteiger partial charge on any atom is -0.507 e. The highest BCUT2D eigenvalue weighted by Crippen LogP contribution is 2.34. The molecule has 0 spiro atoms. The number of hydrogen-bond donors (Lipinski definition) is 2. The van der Waals surface area contributed by atoms with Crippen LogP contribution in [0.15, 0.2) is 18.2 Å². The average molecular weight is 263 g/mol. The zero-order valence-corrected chi connectivity index (χ0v) is 12.1. The maximum absolute atomic E-state index is 9.94. The average Bonchev–Trinajstić information content (AvgIpc) is 2.78. The fraction of sp³-hybridized carbons (Fsp3) is 0.625. The summed E-state index contributed by atoms with van der Waals surface area (Å²) in [5, 5.41) is 13.5. The molecule has 0 heterocycles. The largest absolute Gasteiger partial charge is 0.507 e. The van der Waals surface area contributed by atoms with Gasteiger partial charge in [0.1, 0.15) is 11.5 Å². The summed E-state index contributed by atoms with van der Waals surface area (Å²) in [6, 6.07) is 6.07. The van der Waals surface area contributed by atoms with Gasteiger partial charge < -0.3 is 15.2 Å². The van der Waals surface area contributed by atoms with Crippen molar-refractivity contribution >= 4 is 0 Å². The lowest BCUT2D eigenvalue weighted by Gasteiger charge is -2.21. The zero-order valence-electron chi connectivity index (χ0n) is 12.1. The molecule has 3 heteroatoms. The number of aromatic hydroxyl groups is 1. The third-order valence-electron chi connectivity index (χ3n) is 4.60. The second-order valence-corrected chi connectivity index (χ2v) is 5.59. The molecule has 0 amide bonds. The molecule has 0 aliphatic heterocycles. The summed E-state index contributed by atoms with van der Waals surface area (Å²) in [4.78, 5) is 0. The Bertz CT molecular complexity index is 419. The summed E-state index contributed by atoms with van der Waals surface area (Å²) in [6.07, 6.45) is 3.84. The summed E-state index contributed by atoms with van der Waals surface area (Å²) in [7, 11) is 1.61. The third-order valence-corrected chi connectivity index (χ3v) is 4.60. The first-order valence-corrected chi connectivity index (χ1v) is 7.25. The normalized spacial score (nSPS) is 26.6. The minimum absolute atomic E-state index is 0.310. The van der Waals surface area contributed by atoms with Crippen LogP contribution in [0.5, 0.6) is 11.5 Å². The summed E-state index contributed by atoms with van der Waals surface area (Å²) in [6.45, 7) is 5.34. The second-order valence-electron chi connectivity index (χ2n) is 5.59. The van der Waals surface area contributed by atoms with Crippen LogP contribution in [0.1, 0.15) is 38.7 Å². The van der Waals surface area contributed by atoms with Crippen LogP contribution < -0.4 is 10.1 Å². The van der Waals surface area contributed by atoms with E-state index in [9.17, 15) is 5.11 Å². The predicted molar refractivity (Wildman–Crippen MR) is 77.5 cm³/mol. The molecule has 1 aliphatic carbocycles. The Morgan fingerprint density at radius 2 is 2.16 bits per heavy atom. The van der Waals surface area contributed by atoms with E-state index in [1.165, 1.54) is 19.3 Å². The van der Waals surface area contributed by atoms with Crippen LogP contribution in [0.2, 0.25) is 0 Å². The lowest BCUT2D eigenvalue weighted by Crippen LogP contribution is -2.32. The number of phenols is 1. The van der Waals surface area contributed by atoms with Crippen LogP contribution in [0, 0.1) is 11.8 Å². The molecule has 3 atom stereocenters. The van der Waals surface area contributed by atoms with Crippen molar-refractivity contribution in [2.75, 3.05) is 7.11 Å². The molecule has 3 nitrogen and oxygen atoms in total.